The molecule has 1 N–H and O–H groups in total. The fourth-order valence-electron chi connectivity index (χ4n) is 2.49. The van der Waals surface area contributed by atoms with Crippen LogP contribution < -0.4 is 10.2 Å². The van der Waals surface area contributed by atoms with Gasteiger partial charge in [-0.1, -0.05) is 0 Å². The van der Waals surface area contributed by atoms with Gasteiger partial charge in [-0.3, -0.25) is 20.3 Å². The number of benzene rings is 2. The van der Waals surface area contributed by atoms with Crippen LogP contribution in [-0.4, -0.2) is 28.7 Å². The molecule has 0 bridgehead atoms. The number of carbonyl (C=O) groups excluding carboxylic acids is 1. The van der Waals surface area contributed by atoms with Gasteiger partial charge in [0, 0.05) is 17.5 Å². The molecule has 1 aromatic heterocycles. The van der Waals surface area contributed by atoms with Crippen LogP contribution in [-0.2, 0) is 22.6 Å². The van der Waals surface area contributed by atoms with Crippen LogP contribution in [0.15, 0.2) is 59.0 Å². The van der Waals surface area contributed by atoms with Gasteiger partial charge in [0.05, 0.1) is 29.9 Å². The summed E-state index contributed by atoms with van der Waals surface area (Å²) in [5.41, 5.74) is 5.22. The number of hydrogen-bond acceptors (Lipinski definition) is 9. The molecule has 3 rings (SSSR count). The van der Waals surface area contributed by atoms with Crippen LogP contribution >= 0.6 is 11.3 Å². The highest BCUT2D eigenvalue weighted by atomic mass is 32.1. The third-order valence-electron chi connectivity index (χ3n) is 3.99. The number of hydrogen-bond donors (Lipinski definition) is 1. The number of esters is 1. The normalized spacial score (nSPS) is 10.7. The van der Waals surface area contributed by atoms with E-state index < -0.39 is 4.92 Å². The van der Waals surface area contributed by atoms with Gasteiger partial charge >= 0.3 is 5.97 Å². The number of carbonyl (C=O) groups is 1. The van der Waals surface area contributed by atoms with E-state index >= 15 is 0 Å². The van der Waals surface area contributed by atoms with E-state index in [1.54, 1.807) is 30.7 Å². The van der Waals surface area contributed by atoms with Gasteiger partial charge in [-0.2, -0.15) is 5.10 Å². The minimum Gasteiger partial charge on any atom is -0.489 e. The van der Waals surface area contributed by atoms with Gasteiger partial charge in [0.25, 0.3) is 5.69 Å². The van der Waals surface area contributed by atoms with Crippen LogP contribution in [0.4, 0.5) is 10.8 Å². The van der Waals surface area contributed by atoms with Crippen molar-refractivity contribution in [2.24, 2.45) is 5.10 Å². The molecule has 10 heteroatoms. The van der Waals surface area contributed by atoms with E-state index in [0.717, 1.165) is 11.1 Å². The predicted molar refractivity (Wildman–Crippen MR) is 118 cm³/mol. The molecule has 160 valence electrons. The first-order valence-electron chi connectivity index (χ1n) is 9.39. The number of aromatic nitrogens is 1. The topological polar surface area (TPSA) is 116 Å². The fraction of sp³-hybridized carbons (Fsp3) is 0.190. The van der Waals surface area contributed by atoms with Gasteiger partial charge in [-0.05, 0) is 54.4 Å². The zero-order valence-electron chi connectivity index (χ0n) is 16.7. The summed E-state index contributed by atoms with van der Waals surface area (Å²) in [6, 6.07) is 13.6. The molecule has 0 amide bonds. The second-order valence-electron chi connectivity index (χ2n) is 6.28. The number of rotatable bonds is 10. The Morgan fingerprint density at radius 3 is 2.65 bits per heavy atom. The van der Waals surface area contributed by atoms with E-state index in [1.165, 1.54) is 23.5 Å². The Labute approximate surface area is 182 Å². The maximum atomic E-state index is 11.5. The van der Waals surface area contributed by atoms with Crippen molar-refractivity contribution in [3.63, 3.8) is 0 Å². The number of nitro benzene ring substituents is 1. The molecule has 0 atom stereocenters. The molecule has 0 spiro atoms. The molecule has 0 aliphatic carbocycles. The fourth-order valence-corrected chi connectivity index (χ4v) is 3.15. The molecule has 0 aliphatic heterocycles. The number of nitrogens with zero attached hydrogens (tertiary/aromatic N) is 3. The SMILES string of the molecule is CCOC(=O)Cc1csc(NN=Cc2ccc(OCc3ccc([N+](=O)[O-])cc3)cc2)n1. The first-order chi connectivity index (χ1) is 15.0. The van der Waals surface area contributed by atoms with Gasteiger partial charge in [0.1, 0.15) is 12.4 Å². The molecular weight excluding hydrogens is 420 g/mol. The average Bonchev–Trinajstić information content (AvgIpc) is 3.20. The molecule has 0 radical (unpaired) electrons. The molecule has 9 nitrogen and oxygen atoms in total. The Balaban J connectivity index is 1.46. The second kappa shape index (κ2) is 10.8. The Hall–Kier alpha value is -3.79. The highest BCUT2D eigenvalue weighted by Crippen LogP contribution is 2.17. The summed E-state index contributed by atoms with van der Waals surface area (Å²) in [6.45, 7) is 2.42. The highest BCUT2D eigenvalue weighted by Gasteiger charge is 2.08. The number of anilines is 1. The Bertz CT molecular complexity index is 1050. The van der Waals surface area contributed by atoms with Crippen molar-refractivity contribution in [3.8, 4) is 5.75 Å². The summed E-state index contributed by atoms with van der Waals surface area (Å²) < 4.78 is 10.6. The van der Waals surface area contributed by atoms with Crippen LogP contribution in [0, 0.1) is 10.1 Å². The molecule has 31 heavy (non-hydrogen) atoms. The molecule has 1 heterocycles. The van der Waals surface area contributed by atoms with Gasteiger partial charge in [0.2, 0.25) is 5.13 Å². The van der Waals surface area contributed by atoms with Gasteiger partial charge in [-0.15, -0.1) is 11.3 Å². The summed E-state index contributed by atoms with van der Waals surface area (Å²) in [5.74, 6) is 0.366. The van der Waals surface area contributed by atoms with E-state index in [-0.39, 0.29) is 18.1 Å². The first kappa shape index (κ1) is 21.9. The van der Waals surface area contributed by atoms with E-state index in [1.807, 2.05) is 24.3 Å². The quantitative estimate of drug-likeness (QED) is 0.217. The third kappa shape index (κ3) is 6.89. The summed E-state index contributed by atoms with van der Waals surface area (Å²) in [4.78, 5) is 26.0. The van der Waals surface area contributed by atoms with Gasteiger partial charge in [0.15, 0.2) is 0 Å². The van der Waals surface area contributed by atoms with E-state index in [4.69, 9.17) is 9.47 Å². The number of hydrazone groups is 1. The summed E-state index contributed by atoms with van der Waals surface area (Å²) in [7, 11) is 0. The molecule has 0 unspecified atom stereocenters. The number of thiazole rings is 1. The lowest BCUT2D eigenvalue weighted by Gasteiger charge is -2.06. The van der Waals surface area contributed by atoms with Crippen molar-refractivity contribution in [2.75, 3.05) is 12.0 Å². The zero-order chi connectivity index (χ0) is 22.1. The van der Waals surface area contributed by atoms with Crippen LogP contribution in [0.25, 0.3) is 0 Å². The standard InChI is InChI=1S/C21H20N4O5S/c1-2-29-20(26)11-17-14-31-21(23-17)24-22-12-15-5-9-19(10-6-15)30-13-16-3-7-18(8-4-16)25(27)28/h3-10,12,14H,2,11,13H2,1H3,(H,23,24). The maximum Gasteiger partial charge on any atom is 0.311 e. The van der Waals surface area contributed by atoms with Crippen molar-refractivity contribution < 1.29 is 19.2 Å². The lowest BCUT2D eigenvalue weighted by atomic mass is 10.2. The van der Waals surface area contributed by atoms with Crippen molar-refractivity contribution in [2.45, 2.75) is 20.0 Å². The summed E-state index contributed by atoms with van der Waals surface area (Å²) in [6.07, 6.45) is 1.78. The van der Waals surface area contributed by atoms with Gasteiger partial charge < -0.3 is 9.47 Å². The van der Waals surface area contributed by atoms with Crippen LogP contribution in [0.5, 0.6) is 5.75 Å². The number of non-ortho nitro benzene ring substituents is 1. The monoisotopic (exact) mass is 440 g/mol. The molecule has 0 fully saturated rings. The molecule has 3 aromatic rings. The highest BCUT2D eigenvalue weighted by molar-refractivity contribution is 7.13. The van der Waals surface area contributed by atoms with E-state index in [0.29, 0.717) is 29.8 Å². The molecule has 2 aromatic carbocycles. The molecule has 0 saturated carbocycles. The Morgan fingerprint density at radius 1 is 1.23 bits per heavy atom. The van der Waals surface area contributed by atoms with Crippen molar-refractivity contribution in [1.29, 1.82) is 0 Å². The van der Waals surface area contributed by atoms with Crippen molar-refractivity contribution >= 4 is 34.3 Å². The maximum absolute atomic E-state index is 11.5. The van der Waals surface area contributed by atoms with Crippen LogP contribution in [0.2, 0.25) is 0 Å². The largest absolute Gasteiger partial charge is 0.489 e. The number of nitrogens with one attached hydrogen (secondary N) is 1. The lowest BCUT2D eigenvalue weighted by molar-refractivity contribution is -0.384. The summed E-state index contributed by atoms with van der Waals surface area (Å²) >= 11 is 1.35. The van der Waals surface area contributed by atoms with Crippen LogP contribution in [0.3, 0.4) is 0 Å². The van der Waals surface area contributed by atoms with Crippen molar-refractivity contribution in [1.82, 2.24) is 4.98 Å². The van der Waals surface area contributed by atoms with Crippen LogP contribution in [0.1, 0.15) is 23.7 Å². The van der Waals surface area contributed by atoms with Gasteiger partial charge in [-0.25, -0.2) is 4.98 Å². The predicted octanol–water partition coefficient (Wildman–Crippen LogP) is 4.18. The molecule has 0 aliphatic rings. The Morgan fingerprint density at radius 2 is 1.97 bits per heavy atom. The zero-order valence-corrected chi connectivity index (χ0v) is 17.5. The average molecular weight is 440 g/mol. The van der Waals surface area contributed by atoms with E-state index in [9.17, 15) is 14.9 Å². The third-order valence-corrected chi connectivity index (χ3v) is 4.78. The molecule has 0 saturated heterocycles. The first-order valence-corrected chi connectivity index (χ1v) is 10.3. The van der Waals surface area contributed by atoms with E-state index in [2.05, 4.69) is 15.5 Å². The second-order valence-corrected chi connectivity index (χ2v) is 7.14. The summed E-state index contributed by atoms with van der Waals surface area (Å²) in [5, 5.41) is 17.2. The molecular formula is C21H20N4O5S. The smallest absolute Gasteiger partial charge is 0.311 e. The number of ether oxygens (including phenoxy) is 2. The van der Waals surface area contributed by atoms with Crippen molar-refractivity contribution in [3.05, 3.63) is 80.8 Å². The lowest BCUT2D eigenvalue weighted by Crippen LogP contribution is -2.07. The number of nitro groups is 1. The minimum absolute atomic E-state index is 0.0500. The Kier molecular flexibility index (Phi) is 7.66. The minimum atomic E-state index is -0.434.